The first-order valence-electron chi connectivity index (χ1n) is 7.81. The van der Waals surface area contributed by atoms with Crippen molar-refractivity contribution >= 4 is 11.9 Å². The van der Waals surface area contributed by atoms with E-state index in [0.717, 1.165) is 19.3 Å². The maximum Gasteiger partial charge on any atom is 0.307 e. The van der Waals surface area contributed by atoms with Crippen LogP contribution in [0.25, 0.3) is 0 Å². The summed E-state index contributed by atoms with van der Waals surface area (Å²) in [6.07, 6.45) is 6.59. The Morgan fingerprint density at radius 1 is 1.00 bits per heavy atom. The zero-order chi connectivity index (χ0) is 14.1. The minimum absolute atomic E-state index is 0.0711. The van der Waals surface area contributed by atoms with Gasteiger partial charge in [-0.2, -0.15) is 0 Å². The molecule has 1 amide bonds. The lowest BCUT2D eigenvalue weighted by Gasteiger charge is -2.29. The van der Waals surface area contributed by atoms with Crippen molar-refractivity contribution in [1.82, 2.24) is 5.32 Å². The van der Waals surface area contributed by atoms with Gasteiger partial charge in [0, 0.05) is 6.61 Å². The smallest absolute Gasteiger partial charge is 0.307 e. The Labute approximate surface area is 119 Å². The van der Waals surface area contributed by atoms with E-state index in [9.17, 15) is 14.7 Å². The first-order valence-corrected chi connectivity index (χ1v) is 7.81. The zero-order valence-corrected chi connectivity index (χ0v) is 11.7. The quantitative estimate of drug-likeness (QED) is 0.820. The summed E-state index contributed by atoms with van der Waals surface area (Å²) in [6.45, 7) is 0.707. The third-order valence-corrected chi connectivity index (χ3v) is 4.97. The van der Waals surface area contributed by atoms with Gasteiger partial charge >= 0.3 is 5.97 Å². The van der Waals surface area contributed by atoms with Crippen LogP contribution in [0.3, 0.4) is 0 Å². The highest BCUT2D eigenvalue weighted by Crippen LogP contribution is 2.39. The Hall–Kier alpha value is -1.10. The molecule has 3 rings (SSSR count). The lowest BCUT2D eigenvalue weighted by atomic mass is 9.78. The van der Waals surface area contributed by atoms with Crippen LogP contribution >= 0.6 is 0 Å². The van der Waals surface area contributed by atoms with Crippen molar-refractivity contribution in [1.29, 1.82) is 0 Å². The molecule has 0 aromatic carbocycles. The summed E-state index contributed by atoms with van der Waals surface area (Å²) < 4.78 is 5.72. The van der Waals surface area contributed by atoms with Gasteiger partial charge in [-0.3, -0.25) is 9.59 Å². The molecule has 2 saturated carbocycles. The molecule has 1 aliphatic heterocycles. The highest BCUT2D eigenvalue weighted by molar-refractivity contribution is 5.85. The largest absolute Gasteiger partial charge is 0.481 e. The van der Waals surface area contributed by atoms with Crippen LogP contribution in [-0.2, 0) is 14.3 Å². The van der Waals surface area contributed by atoms with Crippen LogP contribution in [0, 0.1) is 17.8 Å². The van der Waals surface area contributed by atoms with Gasteiger partial charge in [0.15, 0.2) is 0 Å². The van der Waals surface area contributed by atoms with Gasteiger partial charge in [0.05, 0.1) is 24.0 Å². The highest BCUT2D eigenvalue weighted by Gasteiger charge is 2.43. The summed E-state index contributed by atoms with van der Waals surface area (Å²) in [4.78, 5) is 23.7. The van der Waals surface area contributed by atoms with Crippen molar-refractivity contribution in [2.75, 3.05) is 6.61 Å². The molecule has 4 atom stereocenters. The molecule has 2 aliphatic carbocycles. The van der Waals surface area contributed by atoms with Crippen LogP contribution in [0.15, 0.2) is 0 Å². The number of aliphatic carboxylic acids is 1. The molecular formula is C15H23NO4. The molecule has 3 fully saturated rings. The van der Waals surface area contributed by atoms with Crippen LogP contribution in [0.1, 0.15) is 44.9 Å². The minimum Gasteiger partial charge on any atom is -0.481 e. The van der Waals surface area contributed by atoms with Crippen molar-refractivity contribution in [3.63, 3.8) is 0 Å². The van der Waals surface area contributed by atoms with Gasteiger partial charge < -0.3 is 15.2 Å². The van der Waals surface area contributed by atoms with E-state index < -0.39 is 11.9 Å². The van der Waals surface area contributed by atoms with Crippen molar-refractivity contribution in [2.45, 2.75) is 57.1 Å². The molecule has 0 radical (unpaired) electrons. The van der Waals surface area contributed by atoms with Gasteiger partial charge in [0.1, 0.15) is 0 Å². The number of hydrogen-bond acceptors (Lipinski definition) is 3. The fourth-order valence-electron chi connectivity index (χ4n) is 3.69. The summed E-state index contributed by atoms with van der Waals surface area (Å²) in [5.41, 5.74) is 0. The van der Waals surface area contributed by atoms with Crippen LogP contribution < -0.4 is 5.32 Å². The zero-order valence-electron chi connectivity index (χ0n) is 11.7. The van der Waals surface area contributed by atoms with E-state index in [1.165, 1.54) is 12.8 Å². The topological polar surface area (TPSA) is 75.6 Å². The van der Waals surface area contributed by atoms with Gasteiger partial charge in [-0.1, -0.05) is 12.8 Å². The Morgan fingerprint density at radius 3 is 2.35 bits per heavy atom. The average molecular weight is 281 g/mol. The summed E-state index contributed by atoms with van der Waals surface area (Å²) >= 11 is 0. The lowest BCUT2D eigenvalue weighted by Crippen LogP contribution is -2.47. The molecule has 3 aliphatic rings. The van der Waals surface area contributed by atoms with Gasteiger partial charge in [-0.05, 0) is 38.0 Å². The molecule has 0 aromatic heterocycles. The Balaban J connectivity index is 1.61. The van der Waals surface area contributed by atoms with E-state index in [1.54, 1.807) is 0 Å². The standard InChI is InChI=1S/C15H23NO4/c17-14(10-3-1-2-4-11(10)15(18)19)16-12-7-8-20-13(12)9-5-6-9/h9-13H,1-8H2,(H,16,17)(H,18,19)/t10-,11+,12?,13?/m1/s1. The first-order chi connectivity index (χ1) is 9.66. The van der Waals surface area contributed by atoms with Crippen molar-refractivity contribution < 1.29 is 19.4 Å². The molecule has 1 heterocycles. The number of carbonyl (C=O) groups is 2. The number of carbonyl (C=O) groups excluding carboxylic acids is 1. The van der Waals surface area contributed by atoms with Gasteiger partial charge in [-0.15, -0.1) is 0 Å². The predicted molar refractivity (Wildman–Crippen MR) is 72.1 cm³/mol. The van der Waals surface area contributed by atoms with Crippen LogP contribution in [0.4, 0.5) is 0 Å². The molecule has 5 nitrogen and oxygen atoms in total. The molecule has 0 aromatic rings. The number of carboxylic acid groups (broad SMARTS) is 1. The van der Waals surface area contributed by atoms with E-state index in [0.29, 0.717) is 25.4 Å². The summed E-state index contributed by atoms with van der Waals surface area (Å²) in [7, 11) is 0. The Morgan fingerprint density at radius 2 is 1.70 bits per heavy atom. The first kappa shape index (κ1) is 13.9. The second-order valence-electron chi connectivity index (χ2n) is 6.41. The molecule has 2 N–H and O–H groups in total. The third kappa shape index (κ3) is 2.82. The third-order valence-electron chi connectivity index (χ3n) is 4.97. The molecule has 112 valence electrons. The van der Waals surface area contributed by atoms with E-state index in [4.69, 9.17) is 4.74 Å². The summed E-state index contributed by atoms with van der Waals surface area (Å²) in [6, 6.07) is 0.0892. The van der Waals surface area contributed by atoms with Crippen molar-refractivity contribution in [3.8, 4) is 0 Å². The lowest BCUT2D eigenvalue weighted by molar-refractivity contribution is -0.149. The van der Waals surface area contributed by atoms with Crippen molar-refractivity contribution in [3.05, 3.63) is 0 Å². The number of hydrogen-bond donors (Lipinski definition) is 2. The Kier molecular flexibility index (Phi) is 3.96. The molecule has 20 heavy (non-hydrogen) atoms. The molecular weight excluding hydrogens is 258 g/mol. The minimum atomic E-state index is -0.828. The van der Waals surface area contributed by atoms with E-state index >= 15 is 0 Å². The van der Waals surface area contributed by atoms with E-state index in [-0.39, 0.29) is 24.0 Å². The molecule has 2 unspecified atom stereocenters. The SMILES string of the molecule is O=C(O)[C@H]1CCCC[C@H]1C(=O)NC1CCOC1C1CC1. The second-order valence-corrected chi connectivity index (χ2v) is 6.41. The van der Waals surface area contributed by atoms with Gasteiger partial charge in [0.2, 0.25) is 5.91 Å². The maximum atomic E-state index is 12.4. The van der Waals surface area contributed by atoms with Gasteiger partial charge in [-0.25, -0.2) is 0 Å². The maximum absolute atomic E-state index is 12.4. The normalized spacial score (nSPS) is 37.6. The van der Waals surface area contributed by atoms with Crippen LogP contribution in [0.2, 0.25) is 0 Å². The molecule has 5 heteroatoms. The Bertz CT molecular complexity index is 393. The molecule has 0 bridgehead atoms. The number of amides is 1. The molecule has 1 saturated heterocycles. The van der Waals surface area contributed by atoms with Crippen LogP contribution in [-0.4, -0.2) is 35.7 Å². The fourth-order valence-corrected chi connectivity index (χ4v) is 3.69. The monoisotopic (exact) mass is 281 g/mol. The number of carboxylic acids is 1. The predicted octanol–water partition coefficient (Wildman–Crippen LogP) is 1.56. The number of nitrogens with one attached hydrogen (secondary N) is 1. The highest BCUT2D eigenvalue weighted by atomic mass is 16.5. The van der Waals surface area contributed by atoms with Crippen molar-refractivity contribution in [2.24, 2.45) is 17.8 Å². The molecule has 0 spiro atoms. The van der Waals surface area contributed by atoms with E-state index in [1.807, 2.05) is 0 Å². The summed E-state index contributed by atoms with van der Waals surface area (Å²) in [5, 5.41) is 12.3. The second kappa shape index (κ2) is 5.72. The van der Waals surface area contributed by atoms with Crippen LogP contribution in [0.5, 0.6) is 0 Å². The summed E-state index contributed by atoms with van der Waals surface area (Å²) in [5.74, 6) is -1.17. The average Bonchev–Trinajstić information content (AvgIpc) is 3.19. The fraction of sp³-hybridized carbons (Fsp3) is 0.867. The van der Waals surface area contributed by atoms with Gasteiger partial charge in [0.25, 0.3) is 0 Å². The number of ether oxygens (including phenoxy) is 1. The van der Waals surface area contributed by atoms with E-state index in [2.05, 4.69) is 5.32 Å². The number of rotatable bonds is 4.